The summed E-state index contributed by atoms with van der Waals surface area (Å²) in [6, 6.07) is 9.09. The summed E-state index contributed by atoms with van der Waals surface area (Å²) in [6.45, 7) is 4.43. The number of halogens is 1. The van der Waals surface area contributed by atoms with Crippen LogP contribution in [0.25, 0.3) is 0 Å². The van der Waals surface area contributed by atoms with Crippen LogP contribution in [0.3, 0.4) is 0 Å². The van der Waals surface area contributed by atoms with Crippen molar-refractivity contribution in [3.8, 4) is 0 Å². The van der Waals surface area contributed by atoms with Gasteiger partial charge in [-0.3, -0.25) is 0 Å². The first-order chi connectivity index (χ1) is 9.70. The molecule has 1 heterocycles. The molecular weight excluding hydrogens is 365 g/mol. The average molecular weight is 389 g/mol. The quantitative estimate of drug-likeness (QED) is 0.759. The van der Waals surface area contributed by atoms with E-state index in [0.29, 0.717) is 6.04 Å². The molecule has 1 N–H and O–H groups in total. The molecule has 1 aromatic rings. The van der Waals surface area contributed by atoms with Gasteiger partial charge in [0.2, 0.25) is 0 Å². The SMILES string of the molecule is CCOC1(C(Cc2ccc(I)cc2)NC)CCOCC1. The Morgan fingerprint density at radius 1 is 1.30 bits per heavy atom. The fourth-order valence-electron chi connectivity index (χ4n) is 3.01. The molecule has 112 valence electrons. The van der Waals surface area contributed by atoms with Crippen LogP contribution in [0.5, 0.6) is 0 Å². The van der Waals surface area contributed by atoms with Gasteiger partial charge in [0.25, 0.3) is 0 Å². The molecule has 2 rings (SSSR count). The lowest BCUT2D eigenvalue weighted by atomic mass is 9.82. The monoisotopic (exact) mass is 389 g/mol. The summed E-state index contributed by atoms with van der Waals surface area (Å²) in [4.78, 5) is 0. The lowest BCUT2D eigenvalue weighted by molar-refractivity contribution is -0.125. The van der Waals surface area contributed by atoms with Crippen LogP contribution >= 0.6 is 22.6 Å². The van der Waals surface area contributed by atoms with Crippen molar-refractivity contribution < 1.29 is 9.47 Å². The molecule has 4 heteroatoms. The van der Waals surface area contributed by atoms with Crippen LogP contribution in [0.2, 0.25) is 0 Å². The number of hydrogen-bond acceptors (Lipinski definition) is 3. The Hall–Kier alpha value is -0.170. The molecule has 0 aliphatic carbocycles. The Kier molecular flexibility index (Phi) is 6.26. The van der Waals surface area contributed by atoms with Gasteiger partial charge < -0.3 is 14.8 Å². The molecule has 1 aromatic carbocycles. The van der Waals surface area contributed by atoms with Crippen LogP contribution in [-0.2, 0) is 15.9 Å². The molecule has 1 fully saturated rings. The molecule has 1 unspecified atom stereocenters. The van der Waals surface area contributed by atoms with E-state index in [1.54, 1.807) is 0 Å². The second-order valence-corrected chi connectivity index (χ2v) is 6.53. The van der Waals surface area contributed by atoms with Crippen LogP contribution in [-0.4, -0.2) is 38.5 Å². The highest BCUT2D eigenvalue weighted by molar-refractivity contribution is 14.1. The summed E-state index contributed by atoms with van der Waals surface area (Å²) in [5.41, 5.74) is 1.26. The van der Waals surface area contributed by atoms with Crippen LogP contribution < -0.4 is 5.32 Å². The van der Waals surface area contributed by atoms with Gasteiger partial charge in [0.1, 0.15) is 0 Å². The first-order valence-corrected chi connectivity index (χ1v) is 8.41. The number of ether oxygens (including phenoxy) is 2. The van der Waals surface area contributed by atoms with E-state index in [1.807, 2.05) is 7.05 Å². The zero-order valence-corrected chi connectivity index (χ0v) is 14.5. The minimum absolute atomic E-state index is 0.0925. The third-order valence-corrected chi connectivity index (χ3v) is 4.83. The molecule has 20 heavy (non-hydrogen) atoms. The molecule has 0 amide bonds. The van der Waals surface area contributed by atoms with E-state index in [0.717, 1.165) is 39.1 Å². The van der Waals surface area contributed by atoms with Crippen molar-refractivity contribution in [2.75, 3.05) is 26.9 Å². The third-order valence-electron chi connectivity index (χ3n) is 4.11. The minimum Gasteiger partial charge on any atom is -0.381 e. The Labute approximate surface area is 135 Å². The maximum absolute atomic E-state index is 6.18. The van der Waals surface area contributed by atoms with Gasteiger partial charge in [-0.15, -0.1) is 0 Å². The molecule has 0 spiro atoms. The number of hydrogen-bond donors (Lipinski definition) is 1. The van der Waals surface area contributed by atoms with E-state index in [1.165, 1.54) is 9.13 Å². The number of likely N-dealkylation sites (N-methyl/N-ethyl adjacent to an activating group) is 1. The Bertz CT molecular complexity index is 396. The summed E-state index contributed by atoms with van der Waals surface area (Å²) in [7, 11) is 2.04. The molecule has 0 saturated carbocycles. The van der Waals surface area contributed by atoms with E-state index >= 15 is 0 Å². The van der Waals surface area contributed by atoms with Gasteiger partial charge in [-0.1, -0.05) is 12.1 Å². The average Bonchev–Trinajstić information content (AvgIpc) is 2.48. The van der Waals surface area contributed by atoms with Crippen LogP contribution in [0.1, 0.15) is 25.3 Å². The lowest BCUT2D eigenvalue weighted by Crippen LogP contribution is -2.55. The van der Waals surface area contributed by atoms with E-state index in [4.69, 9.17) is 9.47 Å². The van der Waals surface area contributed by atoms with Gasteiger partial charge in [-0.2, -0.15) is 0 Å². The molecule has 1 atom stereocenters. The maximum Gasteiger partial charge on any atom is 0.0881 e. The number of nitrogens with one attached hydrogen (secondary N) is 1. The van der Waals surface area contributed by atoms with Crippen molar-refractivity contribution in [2.24, 2.45) is 0 Å². The van der Waals surface area contributed by atoms with E-state index in [2.05, 4.69) is 59.1 Å². The summed E-state index contributed by atoms with van der Waals surface area (Å²) in [5.74, 6) is 0. The minimum atomic E-state index is -0.0925. The molecule has 1 saturated heterocycles. The summed E-state index contributed by atoms with van der Waals surface area (Å²) in [5, 5.41) is 3.48. The molecule has 3 nitrogen and oxygen atoms in total. The number of rotatable bonds is 6. The second-order valence-electron chi connectivity index (χ2n) is 5.28. The van der Waals surface area contributed by atoms with Gasteiger partial charge in [0, 0.05) is 42.3 Å². The van der Waals surface area contributed by atoms with Crippen molar-refractivity contribution in [3.63, 3.8) is 0 Å². The highest BCUT2D eigenvalue weighted by atomic mass is 127. The summed E-state index contributed by atoms with van der Waals surface area (Å²) in [6.07, 6.45) is 2.93. The van der Waals surface area contributed by atoms with Crippen molar-refractivity contribution >= 4 is 22.6 Å². The topological polar surface area (TPSA) is 30.5 Å². The van der Waals surface area contributed by atoms with Crippen molar-refractivity contribution in [1.82, 2.24) is 5.32 Å². The van der Waals surface area contributed by atoms with Gasteiger partial charge in [0.05, 0.1) is 5.60 Å². The molecule has 0 aromatic heterocycles. The normalized spacial score (nSPS) is 19.8. The van der Waals surface area contributed by atoms with E-state index in [-0.39, 0.29) is 5.60 Å². The molecule has 0 radical (unpaired) electrons. The highest BCUT2D eigenvalue weighted by Crippen LogP contribution is 2.30. The van der Waals surface area contributed by atoms with Gasteiger partial charge in [0.15, 0.2) is 0 Å². The van der Waals surface area contributed by atoms with Crippen LogP contribution in [0.15, 0.2) is 24.3 Å². The zero-order valence-electron chi connectivity index (χ0n) is 12.3. The Morgan fingerprint density at radius 3 is 2.50 bits per heavy atom. The Morgan fingerprint density at radius 2 is 1.95 bits per heavy atom. The van der Waals surface area contributed by atoms with Crippen molar-refractivity contribution in [1.29, 1.82) is 0 Å². The van der Waals surface area contributed by atoms with Crippen LogP contribution in [0.4, 0.5) is 0 Å². The lowest BCUT2D eigenvalue weighted by Gasteiger charge is -2.43. The standard InChI is InChI=1S/C16H24INO2/c1-3-20-16(8-10-19-11-9-16)15(18-2)12-13-4-6-14(17)7-5-13/h4-7,15,18H,3,8-12H2,1-2H3. The van der Waals surface area contributed by atoms with Crippen molar-refractivity contribution in [2.45, 2.75) is 37.8 Å². The van der Waals surface area contributed by atoms with Gasteiger partial charge >= 0.3 is 0 Å². The van der Waals surface area contributed by atoms with Crippen LogP contribution in [0, 0.1) is 3.57 Å². The predicted octanol–water partition coefficient (Wildman–Crippen LogP) is 3.01. The van der Waals surface area contributed by atoms with E-state index in [9.17, 15) is 0 Å². The molecule has 0 bridgehead atoms. The highest BCUT2D eigenvalue weighted by Gasteiger charge is 2.40. The number of benzene rings is 1. The van der Waals surface area contributed by atoms with E-state index < -0.39 is 0 Å². The fourth-order valence-corrected chi connectivity index (χ4v) is 3.36. The van der Waals surface area contributed by atoms with Gasteiger partial charge in [-0.05, 0) is 60.7 Å². The molecular formula is C16H24INO2. The summed E-state index contributed by atoms with van der Waals surface area (Å²) >= 11 is 2.34. The predicted molar refractivity (Wildman–Crippen MR) is 90.1 cm³/mol. The second kappa shape index (κ2) is 7.73. The first kappa shape index (κ1) is 16.2. The zero-order chi connectivity index (χ0) is 14.4. The maximum atomic E-state index is 6.18. The summed E-state index contributed by atoms with van der Waals surface area (Å²) < 4.78 is 13.0. The molecule has 1 aliphatic heterocycles. The van der Waals surface area contributed by atoms with Gasteiger partial charge in [-0.25, -0.2) is 0 Å². The fraction of sp³-hybridized carbons (Fsp3) is 0.625. The third kappa shape index (κ3) is 3.93. The smallest absolute Gasteiger partial charge is 0.0881 e. The largest absolute Gasteiger partial charge is 0.381 e. The van der Waals surface area contributed by atoms with Crippen molar-refractivity contribution in [3.05, 3.63) is 33.4 Å². The Balaban J connectivity index is 2.13. The molecule has 1 aliphatic rings. The first-order valence-electron chi connectivity index (χ1n) is 7.33.